The van der Waals surface area contributed by atoms with Crippen molar-refractivity contribution in [2.45, 2.75) is 25.2 Å². The van der Waals surface area contributed by atoms with Gasteiger partial charge in [0.2, 0.25) is 0 Å². The molecule has 2 heterocycles. The zero-order chi connectivity index (χ0) is 16.2. The zero-order valence-corrected chi connectivity index (χ0v) is 13.1. The monoisotopic (exact) mass is 347 g/mol. The Balaban J connectivity index is 2.09. The summed E-state index contributed by atoms with van der Waals surface area (Å²) < 4.78 is 44.5. The van der Waals surface area contributed by atoms with Gasteiger partial charge in [-0.2, -0.15) is 13.2 Å². The Bertz CT molecular complexity index is 664. The average molecular weight is 347 g/mol. The summed E-state index contributed by atoms with van der Waals surface area (Å²) in [6.45, 7) is 2.23. The number of nitrogens with zero attached hydrogens (tertiary/aromatic N) is 2. The van der Waals surface area contributed by atoms with Gasteiger partial charge in [-0.3, -0.25) is 4.90 Å². The zero-order valence-electron chi connectivity index (χ0n) is 11.4. The molecule has 1 aromatic carbocycles. The predicted octanol–water partition coefficient (Wildman–Crippen LogP) is 2.51. The molecule has 2 N–H and O–H groups in total. The van der Waals surface area contributed by atoms with E-state index in [1.807, 2.05) is 6.92 Å². The molecule has 2 aliphatic rings. The molecule has 1 aromatic rings. The second-order valence-corrected chi connectivity index (χ2v) is 5.96. The lowest BCUT2D eigenvalue weighted by molar-refractivity contribution is -0.137. The van der Waals surface area contributed by atoms with Gasteiger partial charge in [-0.05, 0) is 49.6 Å². The quantitative estimate of drug-likeness (QED) is 0.728. The van der Waals surface area contributed by atoms with Crippen LogP contribution in [-0.4, -0.2) is 33.8 Å². The normalized spacial score (nSPS) is 23.9. The van der Waals surface area contributed by atoms with Gasteiger partial charge in [0.15, 0.2) is 10.2 Å². The van der Waals surface area contributed by atoms with Gasteiger partial charge < -0.3 is 15.4 Å². The van der Waals surface area contributed by atoms with E-state index >= 15 is 0 Å². The van der Waals surface area contributed by atoms with Gasteiger partial charge >= 0.3 is 6.18 Å². The lowest BCUT2D eigenvalue weighted by Gasteiger charge is -2.36. The van der Waals surface area contributed by atoms with Gasteiger partial charge in [-0.25, -0.2) is 0 Å². The molecule has 2 unspecified atom stereocenters. The number of ether oxygens (including phenoxy) is 1. The summed E-state index contributed by atoms with van der Waals surface area (Å²) in [4.78, 5) is 3.18. The van der Waals surface area contributed by atoms with Crippen LogP contribution in [-0.2, 0) is 6.18 Å². The molecule has 3 rings (SSSR count). The molecule has 1 fully saturated rings. The molecule has 22 heavy (non-hydrogen) atoms. The van der Waals surface area contributed by atoms with Crippen molar-refractivity contribution in [2.75, 3.05) is 11.4 Å². The van der Waals surface area contributed by atoms with Gasteiger partial charge in [-0.1, -0.05) is 0 Å². The smallest absolute Gasteiger partial charge is 0.416 e. The van der Waals surface area contributed by atoms with Gasteiger partial charge in [0, 0.05) is 0 Å². The number of hydrogen-bond donors (Lipinski definition) is 1. The first-order chi connectivity index (χ1) is 10.2. The molecule has 1 saturated heterocycles. The fourth-order valence-corrected chi connectivity index (χ4v) is 3.33. The largest absolute Gasteiger partial charge is 0.486 e. The van der Waals surface area contributed by atoms with E-state index in [2.05, 4.69) is 0 Å². The van der Waals surface area contributed by atoms with Crippen LogP contribution in [0.25, 0.3) is 0 Å². The maximum absolute atomic E-state index is 12.9. The van der Waals surface area contributed by atoms with Crippen molar-refractivity contribution in [2.24, 2.45) is 5.73 Å². The summed E-state index contributed by atoms with van der Waals surface area (Å²) in [6.07, 6.45) is -4.68. The van der Waals surface area contributed by atoms with Crippen molar-refractivity contribution >= 4 is 40.3 Å². The molecule has 4 nitrogen and oxygen atoms in total. The highest BCUT2D eigenvalue weighted by Gasteiger charge is 2.45. The van der Waals surface area contributed by atoms with Crippen molar-refractivity contribution in [1.29, 1.82) is 0 Å². The summed E-state index contributed by atoms with van der Waals surface area (Å²) in [6, 6.07) is 3.13. The molecular formula is C13H12F3N3OS2. The minimum atomic E-state index is -4.43. The predicted molar refractivity (Wildman–Crippen MR) is 83.9 cm³/mol. The Morgan fingerprint density at radius 3 is 2.68 bits per heavy atom. The summed E-state index contributed by atoms with van der Waals surface area (Å²) in [5, 5.41) is 0.397. The van der Waals surface area contributed by atoms with Crippen molar-refractivity contribution in [3.63, 3.8) is 0 Å². The number of anilines is 1. The van der Waals surface area contributed by atoms with E-state index in [1.165, 1.54) is 11.0 Å². The van der Waals surface area contributed by atoms with Crippen molar-refractivity contribution < 1.29 is 17.9 Å². The molecule has 118 valence electrons. The molecule has 0 saturated carbocycles. The fourth-order valence-electron chi connectivity index (χ4n) is 2.70. The van der Waals surface area contributed by atoms with Crippen LogP contribution in [0.3, 0.4) is 0 Å². The highest BCUT2D eigenvalue weighted by Crippen LogP contribution is 2.43. The standard InChI is InChI=1S/C13H12F3N3OS2/c1-6-9-5-18(11(17)21)12(22)19(9)8-4-7(13(14,15)16)2-3-10(8)20-6/h2-4,6,9H,5H2,1H3,(H2,17,21). The van der Waals surface area contributed by atoms with Crippen LogP contribution >= 0.6 is 24.4 Å². The first-order valence-corrected chi connectivity index (χ1v) is 7.30. The molecule has 0 aliphatic carbocycles. The molecule has 2 aliphatic heterocycles. The summed E-state index contributed by atoms with van der Waals surface area (Å²) in [5.41, 5.74) is 5.17. The topological polar surface area (TPSA) is 41.7 Å². The minimum Gasteiger partial charge on any atom is -0.486 e. The van der Waals surface area contributed by atoms with E-state index in [0.717, 1.165) is 12.1 Å². The average Bonchev–Trinajstić information content (AvgIpc) is 2.76. The Morgan fingerprint density at radius 1 is 1.41 bits per heavy atom. The van der Waals surface area contributed by atoms with Gasteiger partial charge in [0.25, 0.3) is 0 Å². The number of halogens is 3. The number of thiocarbonyl (C=S) groups is 2. The third kappa shape index (κ3) is 2.28. The Labute approximate surface area is 135 Å². The maximum atomic E-state index is 12.9. The third-order valence-electron chi connectivity index (χ3n) is 3.80. The van der Waals surface area contributed by atoms with E-state index in [4.69, 9.17) is 34.9 Å². The SMILES string of the molecule is CC1Oc2ccc(C(F)(F)F)cc2N2C(=S)N(C(N)=S)CC12. The van der Waals surface area contributed by atoms with E-state index in [1.54, 1.807) is 4.90 Å². The fraction of sp³-hybridized carbons (Fsp3) is 0.385. The van der Waals surface area contributed by atoms with Crippen molar-refractivity contribution in [3.8, 4) is 5.75 Å². The minimum absolute atomic E-state index is 0.0973. The van der Waals surface area contributed by atoms with Gasteiger partial charge in [-0.15, -0.1) is 0 Å². The number of nitrogens with two attached hydrogens (primary N) is 1. The molecule has 0 bridgehead atoms. The van der Waals surface area contributed by atoms with Crippen LogP contribution in [0.1, 0.15) is 12.5 Å². The second-order valence-electron chi connectivity index (χ2n) is 5.17. The molecule has 0 radical (unpaired) electrons. The van der Waals surface area contributed by atoms with Crippen molar-refractivity contribution in [3.05, 3.63) is 23.8 Å². The highest BCUT2D eigenvalue weighted by molar-refractivity contribution is 7.82. The van der Waals surface area contributed by atoms with Crippen LogP contribution in [0, 0.1) is 0 Å². The first kappa shape index (κ1) is 15.3. The number of fused-ring (bicyclic) bond motifs is 3. The number of benzene rings is 1. The Morgan fingerprint density at radius 2 is 2.09 bits per heavy atom. The van der Waals surface area contributed by atoms with Gasteiger partial charge in [0.1, 0.15) is 11.9 Å². The maximum Gasteiger partial charge on any atom is 0.416 e. The summed E-state index contributed by atoms with van der Waals surface area (Å²) in [7, 11) is 0. The molecule has 0 spiro atoms. The number of alkyl halides is 3. The Kier molecular flexibility index (Phi) is 3.44. The Hall–Kier alpha value is -1.61. The van der Waals surface area contributed by atoms with Crippen LogP contribution < -0.4 is 15.4 Å². The molecule has 0 aromatic heterocycles. The lowest BCUT2D eigenvalue weighted by Crippen LogP contribution is -2.47. The molecular weight excluding hydrogens is 335 g/mol. The van der Waals surface area contributed by atoms with E-state index in [9.17, 15) is 13.2 Å². The first-order valence-electron chi connectivity index (χ1n) is 6.48. The van der Waals surface area contributed by atoms with Gasteiger partial charge in [0.05, 0.1) is 23.8 Å². The number of rotatable bonds is 0. The van der Waals surface area contributed by atoms with Crippen LogP contribution in [0.15, 0.2) is 18.2 Å². The van der Waals surface area contributed by atoms with E-state index < -0.39 is 11.7 Å². The molecule has 0 amide bonds. The summed E-state index contributed by atoms with van der Waals surface area (Å²) >= 11 is 10.3. The second kappa shape index (κ2) is 4.95. The van der Waals surface area contributed by atoms with E-state index in [0.29, 0.717) is 23.1 Å². The van der Waals surface area contributed by atoms with Crippen LogP contribution in [0.4, 0.5) is 18.9 Å². The van der Waals surface area contributed by atoms with Crippen LogP contribution in [0.2, 0.25) is 0 Å². The summed E-state index contributed by atoms with van der Waals surface area (Å²) in [5.74, 6) is 0.365. The molecule has 9 heteroatoms. The van der Waals surface area contributed by atoms with Crippen LogP contribution in [0.5, 0.6) is 5.75 Å². The number of hydrogen-bond acceptors (Lipinski definition) is 3. The van der Waals surface area contributed by atoms with E-state index in [-0.39, 0.29) is 17.3 Å². The van der Waals surface area contributed by atoms with Crippen molar-refractivity contribution in [1.82, 2.24) is 4.90 Å². The third-order valence-corrected chi connectivity index (χ3v) is 4.44. The lowest BCUT2D eigenvalue weighted by atomic mass is 10.1. The molecule has 2 atom stereocenters. The highest BCUT2D eigenvalue weighted by atomic mass is 32.1.